The molecule has 2 saturated heterocycles. The first-order valence-electron chi connectivity index (χ1n) is 8.45. The van der Waals surface area contributed by atoms with E-state index in [0.29, 0.717) is 43.5 Å². The molecule has 2 aliphatic rings. The van der Waals surface area contributed by atoms with Crippen molar-refractivity contribution >= 4 is 17.5 Å². The Morgan fingerprint density at radius 1 is 1.28 bits per heavy atom. The van der Waals surface area contributed by atoms with Crippen LogP contribution in [0.1, 0.15) is 13.3 Å². The molecule has 2 fully saturated rings. The van der Waals surface area contributed by atoms with Crippen molar-refractivity contribution < 1.29 is 23.8 Å². The summed E-state index contributed by atoms with van der Waals surface area (Å²) in [6.07, 6.45) is 0.212. The maximum absolute atomic E-state index is 12.8. The standard InChI is InChI=1S/C18H24N2O5/c1-12-11-25-7-6-19(12)18(22)13-8-17(21)20(10-13)15-9-14(23-2)4-5-16(15)24-3/h4-5,9,12-13H,6-8,10-11H2,1-3H3. The van der Waals surface area contributed by atoms with E-state index in [1.54, 1.807) is 37.3 Å². The Hall–Kier alpha value is -2.28. The molecule has 2 heterocycles. The van der Waals surface area contributed by atoms with Gasteiger partial charge in [0.25, 0.3) is 0 Å². The predicted molar refractivity (Wildman–Crippen MR) is 92.0 cm³/mol. The first-order chi connectivity index (χ1) is 12.0. The van der Waals surface area contributed by atoms with Crippen LogP contribution < -0.4 is 14.4 Å². The van der Waals surface area contributed by atoms with Crippen LogP contribution in [0.4, 0.5) is 5.69 Å². The van der Waals surface area contributed by atoms with Gasteiger partial charge in [0.2, 0.25) is 11.8 Å². The summed E-state index contributed by atoms with van der Waals surface area (Å²) in [5, 5.41) is 0. The topological polar surface area (TPSA) is 68.3 Å². The number of morpholine rings is 1. The van der Waals surface area contributed by atoms with Gasteiger partial charge in [0.15, 0.2) is 0 Å². The zero-order chi connectivity index (χ0) is 18.0. The minimum Gasteiger partial charge on any atom is -0.497 e. The largest absolute Gasteiger partial charge is 0.497 e. The maximum atomic E-state index is 12.8. The Bertz CT molecular complexity index is 663. The SMILES string of the molecule is COc1ccc(OC)c(N2CC(C(=O)N3CCOCC3C)CC2=O)c1. The second kappa shape index (κ2) is 7.31. The lowest BCUT2D eigenvalue weighted by molar-refractivity contribution is -0.143. The smallest absolute Gasteiger partial charge is 0.228 e. The van der Waals surface area contributed by atoms with E-state index in [-0.39, 0.29) is 30.2 Å². The number of benzene rings is 1. The van der Waals surface area contributed by atoms with Crippen molar-refractivity contribution in [3.8, 4) is 11.5 Å². The molecule has 0 radical (unpaired) electrons. The van der Waals surface area contributed by atoms with Crippen molar-refractivity contribution in [3.05, 3.63) is 18.2 Å². The van der Waals surface area contributed by atoms with Crippen molar-refractivity contribution in [2.24, 2.45) is 5.92 Å². The van der Waals surface area contributed by atoms with Gasteiger partial charge in [0, 0.05) is 25.6 Å². The van der Waals surface area contributed by atoms with Crippen LogP contribution in [0.25, 0.3) is 0 Å². The second-order valence-corrected chi connectivity index (χ2v) is 6.40. The molecule has 0 saturated carbocycles. The van der Waals surface area contributed by atoms with Gasteiger partial charge in [0.05, 0.1) is 45.1 Å². The van der Waals surface area contributed by atoms with Crippen LogP contribution in [0.2, 0.25) is 0 Å². The van der Waals surface area contributed by atoms with E-state index >= 15 is 0 Å². The van der Waals surface area contributed by atoms with Crippen molar-refractivity contribution in [2.75, 3.05) is 45.4 Å². The van der Waals surface area contributed by atoms with Gasteiger partial charge in [-0.05, 0) is 19.1 Å². The number of methoxy groups -OCH3 is 2. The summed E-state index contributed by atoms with van der Waals surface area (Å²) in [6.45, 7) is 3.99. The summed E-state index contributed by atoms with van der Waals surface area (Å²) in [5.74, 6) is 0.824. The van der Waals surface area contributed by atoms with Gasteiger partial charge in [0.1, 0.15) is 11.5 Å². The molecule has 1 aromatic carbocycles. The van der Waals surface area contributed by atoms with E-state index in [4.69, 9.17) is 14.2 Å². The molecule has 0 spiro atoms. The monoisotopic (exact) mass is 348 g/mol. The van der Waals surface area contributed by atoms with Gasteiger partial charge in [-0.1, -0.05) is 0 Å². The van der Waals surface area contributed by atoms with Gasteiger partial charge in [-0.25, -0.2) is 0 Å². The van der Waals surface area contributed by atoms with Crippen molar-refractivity contribution in [1.29, 1.82) is 0 Å². The fourth-order valence-electron chi connectivity index (χ4n) is 3.40. The number of carbonyl (C=O) groups excluding carboxylic acids is 2. The molecular formula is C18H24N2O5. The highest BCUT2D eigenvalue weighted by Crippen LogP contribution is 2.36. The highest BCUT2D eigenvalue weighted by molar-refractivity contribution is 6.01. The molecule has 7 nitrogen and oxygen atoms in total. The number of amides is 2. The molecule has 2 amide bonds. The maximum Gasteiger partial charge on any atom is 0.228 e. The molecule has 2 unspecified atom stereocenters. The Morgan fingerprint density at radius 3 is 2.76 bits per heavy atom. The number of anilines is 1. The van der Waals surface area contributed by atoms with Gasteiger partial charge in [-0.15, -0.1) is 0 Å². The predicted octanol–water partition coefficient (Wildman–Crippen LogP) is 1.30. The number of rotatable bonds is 4. The molecule has 7 heteroatoms. The first kappa shape index (κ1) is 17.5. The van der Waals surface area contributed by atoms with Crippen LogP contribution in [-0.2, 0) is 14.3 Å². The molecule has 0 aliphatic carbocycles. The fourth-order valence-corrected chi connectivity index (χ4v) is 3.40. The highest BCUT2D eigenvalue weighted by atomic mass is 16.5. The minimum absolute atomic E-state index is 0.0218. The lowest BCUT2D eigenvalue weighted by Crippen LogP contribution is -2.49. The van der Waals surface area contributed by atoms with Gasteiger partial charge < -0.3 is 24.0 Å². The van der Waals surface area contributed by atoms with Crippen LogP contribution in [0.5, 0.6) is 11.5 Å². The van der Waals surface area contributed by atoms with Crippen LogP contribution >= 0.6 is 0 Å². The van der Waals surface area contributed by atoms with E-state index in [9.17, 15) is 9.59 Å². The average Bonchev–Trinajstić information content (AvgIpc) is 3.02. The molecule has 3 rings (SSSR count). The Morgan fingerprint density at radius 2 is 2.08 bits per heavy atom. The van der Waals surface area contributed by atoms with Crippen molar-refractivity contribution in [2.45, 2.75) is 19.4 Å². The quantitative estimate of drug-likeness (QED) is 0.820. The van der Waals surface area contributed by atoms with E-state index in [0.717, 1.165) is 0 Å². The van der Waals surface area contributed by atoms with Gasteiger partial charge in [-0.3, -0.25) is 9.59 Å². The summed E-state index contributed by atoms with van der Waals surface area (Å²) in [7, 11) is 3.13. The fraction of sp³-hybridized carbons (Fsp3) is 0.556. The first-order valence-corrected chi connectivity index (χ1v) is 8.45. The average molecular weight is 348 g/mol. The Balaban J connectivity index is 1.80. The third-order valence-electron chi connectivity index (χ3n) is 4.80. The zero-order valence-corrected chi connectivity index (χ0v) is 14.9. The molecule has 25 heavy (non-hydrogen) atoms. The molecule has 2 atom stereocenters. The van der Waals surface area contributed by atoms with E-state index in [1.807, 2.05) is 11.8 Å². The Labute approximate surface area is 147 Å². The molecule has 136 valence electrons. The van der Waals surface area contributed by atoms with E-state index in [2.05, 4.69) is 0 Å². The van der Waals surface area contributed by atoms with E-state index in [1.165, 1.54) is 0 Å². The van der Waals surface area contributed by atoms with Gasteiger partial charge >= 0.3 is 0 Å². The van der Waals surface area contributed by atoms with E-state index < -0.39 is 0 Å². The molecule has 0 N–H and O–H groups in total. The summed E-state index contributed by atoms with van der Waals surface area (Å²) in [6, 6.07) is 5.35. The molecule has 2 aliphatic heterocycles. The van der Waals surface area contributed by atoms with Crippen molar-refractivity contribution in [1.82, 2.24) is 4.90 Å². The Kier molecular flexibility index (Phi) is 5.13. The summed E-state index contributed by atoms with van der Waals surface area (Å²) < 4.78 is 16.0. The normalized spacial score (nSPS) is 23.7. The minimum atomic E-state index is -0.344. The molecular weight excluding hydrogens is 324 g/mol. The third kappa shape index (κ3) is 3.42. The van der Waals surface area contributed by atoms with Crippen LogP contribution in [-0.4, -0.2) is 63.3 Å². The zero-order valence-electron chi connectivity index (χ0n) is 14.9. The number of hydrogen-bond acceptors (Lipinski definition) is 5. The van der Waals surface area contributed by atoms with Crippen LogP contribution in [0, 0.1) is 5.92 Å². The number of ether oxygens (including phenoxy) is 3. The van der Waals surface area contributed by atoms with Crippen LogP contribution in [0.3, 0.4) is 0 Å². The third-order valence-corrected chi connectivity index (χ3v) is 4.80. The summed E-state index contributed by atoms with van der Waals surface area (Å²) in [5.41, 5.74) is 0.636. The number of hydrogen-bond donors (Lipinski definition) is 0. The molecule has 0 bridgehead atoms. The molecule has 1 aromatic rings. The van der Waals surface area contributed by atoms with Crippen LogP contribution in [0.15, 0.2) is 18.2 Å². The lowest BCUT2D eigenvalue weighted by atomic mass is 10.1. The lowest BCUT2D eigenvalue weighted by Gasteiger charge is -2.35. The van der Waals surface area contributed by atoms with Gasteiger partial charge in [-0.2, -0.15) is 0 Å². The summed E-state index contributed by atoms with van der Waals surface area (Å²) in [4.78, 5) is 28.8. The molecule has 0 aromatic heterocycles. The highest BCUT2D eigenvalue weighted by Gasteiger charge is 2.39. The van der Waals surface area contributed by atoms with Crippen molar-refractivity contribution in [3.63, 3.8) is 0 Å². The second-order valence-electron chi connectivity index (χ2n) is 6.40. The number of carbonyl (C=O) groups is 2. The summed E-state index contributed by atoms with van der Waals surface area (Å²) >= 11 is 0. The number of nitrogens with zero attached hydrogens (tertiary/aromatic N) is 2.